The first-order chi connectivity index (χ1) is 9.74. The summed E-state index contributed by atoms with van der Waals surface area (Å²) >= 11 is 0. The second kappa shape index (κ2) is 8.46. The van der Waals surface area contributed by atoms with Crippen LogP contribution in [0, 0.1) is 5.92 Å². The van der Waals surface area contributed by atoms with Crippen molar-refractivity contribution in [2.24, 2.45) is 5.92 Å². The first-order valence-corrected chi connectivity index (χ1v) is 8.43. The average molecular weight is 275 g/mol. The lowest BCUT2D eigenvalue weighted by atomic mass is 9.66. The second-order valence-corrected chi connectivity index (χ2v) is 5.95. The highest BCUT2D eigenvalue weighted by Crippen LogP contribution is 2.47. The highest BCUT2D eigenvalue weighted by Gasteiger charge is 2.45. The SMILES string of the molecule is C=C/C=C(\C=C)CN1CC[C@H](CC)CC12CCC2.CC. The standard InChI is InChI=1S/C17H27N.C2H6/c1-4-8-16(6-3)14-18-12-9-15(5-2)13-17(18)10-7-11-17;1-2/h4,6,8,15H,1,3,5,7,9-14H2,2H3;1-2H3/b16-8+;/t15-;/m0./s1. The van der Waals surface area contributed by atoms with Crippen molar-refractivity contribution in [1.29, 1.82) is 0 Å². The summed E-state index contributed by atoms with van der Waals surface area (Å²) in [6.45, 7) is 16.4. The molecule has 114 valence electrons. The third kappa shape index (κ3) is 3.85. The van der Waals surface area contributed by atoms with E-state index in [2.05, 4.69) is 31.1 Å². The molecule has 1 aliphatic carbocycles. The van der Waals surface area contributed by atoms with E-state index in [9.17, 15) is 0 Å². The summed E-state index contributed by atoms with van der Waals surface area (Å²) in [6.07, 6.45) is 14.3. The number of allylic oxidation sites excluding steroid dienone is 2. The molecule has 0 aromatic carbocycles. The van der Waals surface area contributed by atoms with Gasteiger partial charge >= 0.3 is 0 Å². The summed E-state index contributed by atoms with van der Waals surface area (Å²) in [5.41, 5.74) is 1.84. The molecule has 2 rings (SSSR count). The highest BCUT2D eigenvalue weighted by atomic mass is 15.2. The Morgan fingerprint density at radius 2 is 2.00 bits per heavy atom. The Bertz CT molecular complexity index is 336. The van der Waals surface area contributed by atoms with Crippen molar-refractivity contribution in [3.8, 4) is 0 Å². The van der Waals surface area contributed by atoms with Gasteiger partial charge in [0.25, 0.3) is 0 Å². The summed E-state index contributed by atoms with van der Waals surface area (Å²) in [7, 11) is 0. The van der Waals surface area contributed by atoms with E-state index in [1.54, 1.807) is 0 Å². The predicted molar refractivity (Wildman–Crippen MR) is 91.0 cm³/mol. The molecule has 0 bridgehead atoms. The van der Waals surface area contributed by atoms with Gasteiger partial charge in [-0.25, -0.2) is 0 Å². The lowest BCUT2D eigenvalue weighted by Crippen LogP contribution is -2.58. The molecule has 0 aromatic heterocycles. The highest BCUT2D eigenvalue weighted by molar-refractivity contribution is 5.23. The minimum atomic E-state index is 0.530. The minimum absolute atomic E-state index is 0.530. The zero-order valence-electron chi connectivity index (χ0n) is 13.8. The van der Waals surface area contributed by atoms with Gasteiger partial charge in [-0.15, -0.1) is 0 Å². The molecule has 1 heterocycles. The van der Waals surface area contributed by atoms with E-state index in [1.807, 2.05) is 26.0 Å². The summed E-state index contributed by atoms with van der Waals surface area (Å²) < 4.78 is 0. The van der Waals surface area contributed by atoms with Crippen molar-refractivity contribution in [1.82, 2.24) is 4.90 Å². The van der Waals surface area contributed by atoms with Crippen LogP contribution in [0.3, 0.4) is 0 Å². The third-order valence-corrected chi connectivity index (χ3v) is 4.98. The van der Waals surface area contributed by atoms with Gasteiger partial charge in [-0.1, -0.05) is 58.6 Å². The normalized spacial score (nSPS) is 25.4. The van der Waals surface area contributed by atoms with Crippen LogP contribution in [0.5, 0.6) is 0 Å². The average Bonchev–Trinajstić information content (AvgIpc) is 2.47. The van der Waals surface area contributed by atoms with E-state index in [0.29, 0.717) is 5.54 Å². The summed E-state index contributed by atoms with van der Waals surface area (Å²) in [5, 5.41) is 0. The fraction of sp³-hybridized carbons (Fsp3) is 0.684. The maximum atomic E-state index is 3.93. The van der Waals surface area contributed by atoms with E-state index >= 15 is 0 Å². The molecule has 1 aliphatic heterocycles. The molecule has 1 spiro atoms. The van der Waals surface area contributed by atoms with Crippen LogP contribution in [0.4, 0.5) is 0 Å². The zero-order chi connectivity index (χ0) is 15.0. The number of likely N-dealkylation sites (tertiary alicyclic amines) is 1. The second-order valence-electron chi connectivity index (χ2n) is 5.95. The van der Waals surface area contributed by atoms with Crippen LogP contribution in [0.2, 0.25) is 0 Å². The summed E-state index contributed by atoms with van der Waals surface area (Å²) in [6, 6.07) is 0. The molecule has 0 unspecified atom stereocenters. The molecule has 0 N–H and O–H groups in total. The quantitative estimate of drug-likeness (QED) is 0.611. The number of hydrogen-bond acceptors (Lipinski definition) is 1. The predicted octanol–water partition coefficient (Wildman–Crippen LogP) is 5.36. The van der Waals surface area contributed by atoms with Crippen LogP contribution in [0.25, 0.3) is 0 Å². The fourth-order valence-electron chi connectivity index (χ4n) is 3.60. The molecule has 1 saturated heterocycles. The topological polar surface area (TPSA) is 3.24 Å². The third-order valence-electron chi connectivity index (χ3n) is 4.98. The Labute approximate surface area is 126 Å². The molecule has 0 aromatic rings. The van der Waals surface area contributed by atoms with Crippen LogP contribution in [0.1, 0.15) is 59.3 Å². The molecule has 1 heteroatoms. The Kier molecular flexibility index (Phi) is 7.29. The van der Waals surface area contributed by atoms with E-state index in [4.69, 9.17) is 0 Å². The van der Waals surface area contributed by atoms with Gasteiger partial charge in [0.2, 0.25) is 0 Å². The van der Waals surface area contributed by atoms with Gasteiger partial charge in [0.15, 0.2) is 0 Å². The molecule has 2 aliphatic rings. The fourth-order valence-corrected chi connectivity index (χ4v) is 3.60. The van der Waals surface area contributed by atoms with Crippen molar-refractivity contribution >= 4 is 0 Å². The zero-order valence-corrected chi connectivity index (χ0v) is 13.8. The molecule has 1 atom stereocenters. The molecule has 20 heavy (non-hydrogen) atoms. The Morgan fingerprint density at radius 1 is 1.30 bits per heavy atom. The van der Waals surface area contributed by atoms with E-state index in [-0.39, 0.29) is 0 Å². The van der Waals surface area contributed by atoms with Gasteiger partial charge < -0.3 is 0 Å². The van der Waals surface area contributed by atoms with Gasteiger partial charge in [-0.3, -0.25) is 4.90 Å². The van der Waals surface area contributed by atoms with Crippen LogP contribution < -0.4 is 0 Å². The van der Waals surface area contributed by atoms with E-state index in [0.717, 1.165) is 12.5 Å². The van der Waals surface area contributed by atoms with Crippen molar-refractivity contribution in [3.05, 3.63) is 37.0 Å². The number of nitrogens with zero attached hydrogens (tertiary/aromatic N) is 1. The molecule has 0 amide bonds. The van der Waals surface area contributed by atoms with Gasteiger partial charge in [0.05, 0.1) is 0 Å². The molecule has 2 fully saturated rings. The number of piperidine rings is 1. The molecular formula is C19H33N. The van der Waals surface area contributed by atoms with Crippen molar-refractivity contribution in [2.45, 2.75) is 64.8 Å². The Balaban J connectivity index is 0.000000956. The van der Waals surface area contributed by atoms with Crippen molar-refractivity contribution in [3.63, 3.8) is 0 Å². The maximum absolute atomic E-state index is 3.93. The van der Waals surface area contributed by atoms with Crippen LogP contribution in [-0.4, -0.2) is 23.5 Å². The lowest BCUT2D eigenvalue weighted by molar-refractivity contribution is -0.0317. The first-order valence-electron chi connectivity index (χ1n) is 8.43. The van der Waals surface area contributed by atoms with Crippen LogP contribution >= 0.6 is 0 Å². The number of rotatable bonds is 5. The summed E-state index contributed by atoms with van der Waals surface area (Å²) in [4.78, 5) is 2.72. The minimum Gasteiger partial charge on any atom is -0.293 e. The van der Waals surface area contributed by atoms with E-state index < -0.39 is 0 Å². The molecule has 1 nitrogen and oxygen atoms in total. The first kappa shape index (κ1) is 17.2. The molecular weight excluding hydrogens is 242 g/mol. The van der Waals surface area contributed by atoms with Gasteiger partial charge in [0, 0.05) is 12.1 Å². The molecule has 0 radical (unpaired) electrons. The van der Waals surface area contributed by atoms with Crippen molar-refractivity contribution < 1.29 is 0 Å². The summed E-state index contributed by atoms with van der Waals surface area (Å²) in [5.74, 6) is 0.956. The van der Waals surface area contributed by atoms with Gasteiger partial charge in [-0.05, 0) is 50.1 Å². The smallest absolute Gasteiger partial charge is 0.0239 e. The van der Waals surface area contributed by atoms with Gasteiger partial charge in [-0.2, -0.15) is 0 Å². The Hall–Kier alpha value is -0.820. The largest absolute Gasteiger partial charge is 0.293 e. The Morgan fingerprint density at radius 3 is 2.45 bits per heavy atom. The van der Waals surface area contributed by atoms with Crippen LogP contribution in [0.15, 0.2) is 37.0 Å². The lowest BCUT2D eigenvalue weighted by Gasteiger charge is -2.55. The van der Waals surface area contributed by atoms with Crippen molar-refractivity contribution in [2.75, 3.05) is 13.1 Å². The molecule has 1 saturated carbocycles. The van der Waals surface area contributed by atoms with Crippen LogP contribution in [-0.2, 0) is 0 Å². The maximum Gasteiger partial charge on any atom is 0.0239 e. The van der Waals surface area contributed by atoms with Gasteiger partial charge in [0.1, 0.15) is 0 Å². The number of hydrogen-bond donors (Lipinski definition) is 0. The monoisotopic (exact) mass is 275 g/mol. The van der Waals surface area contributed by atoms with E-state index in [1.165, 1.54) is 50.6 Å².